The average molecular weight is 209 g/mol. The van der Waals surface area contributed by atoms with E-state index in [9.17, 15) is 4.79 Å². The Morgan fingerprint density at radius 1 is 1.33 bits per heavy atom. The molecule has 82 valence electrons. The Morgan fingerprint density at radius 2 is 1.93 bits per heavy atom. The molecule has 0 aliphatic heterocycles. The maximum Gasteiger partial charge on any atom is 0.338 e. The summed E-state index contributed by atoms with van der Waals surface area (Å²) in [5, 5.41) is 0. The smallest absolute Gasteiger partial charge is 0.338 e. The molecule has 0 aromatic heterocycles. The highest BCUT2D eigenvalue weighted by Crippen LogP contribution is 2.07. The second-order valence-electron chi connectivity index (χ2n) is 3.46. The van der Waals surface area contributed by atoms with Crippen molar-refractivity contribution in [3.8, 4) is 0 Å². The number of carbonyl (C=O) groups is 1. The Morgan fingerprint density at radius 3 is 2.40 bits per heavy atom. The molecule has 15 heavy (non-hydrogen) atoms. The van der Waals surface area contributed by atoms with Gasteiger partial charge in [0.25, 0.3) is 0 Å². The fourth-order valence-corrected chi connectivity index (χ4v) is 1.12. The molecule has 0 aliphatic carbocycles. The van der Waals surface area contributed by atoms with Crippen molar-refractivity contribution in [2.24, 2.45) is 5.90 Å². The molecule has 1 aromatic carbocycles. The summed E-state index contributed by atoms with van der Waals surface area (Å²) < 4.78 is 5.04. The third kappa shape index (κ3) is 3.69. The molecule has 0 atom stereocenters. The summed E-state index contributed by atoms with van der Waals surface area (Å²) in [6.45, 7) is 3.96. The van der Waals surface area contributed by atoms with E-state index in [4.69, 9.17) is 10.6 Å². The van der Waals surface area contributed by atoms with Gasteiger partial charge in [-0.05, 0) is 31.5 Å². The van der Waals surface area contributed by atoms with Gasteiger partial charge in [0.15, 0.2) is 0 Å². The molecule has 0 aliphatic rings. The Bertz CT molecular complexity index is 319. The normalized spacial score (nSPS) is 10.4. The fraction of sp³-hybridized carbons (Fsp3) is 0.364. The number of nitrogens with two attached hydrogens (primary N) is 1. The first-order valence-electron chi connectivity index (χ1n) is 4.75. The number of rotatable bonds is 4. The predicted octanol–water partition coefficient (Wildman–Crippen LogP) is 1.64. The third-order valence-electron chi connectivity index (χ3n) is 1.78. The minimum Gasteiger partial charge on any atom is -0.459 e. The van der Waals surface area contributed by atoms with Crippen molar-refractivity contribution in [3.63, 3.8) is 0 Å². The van der Waals surface area contributed by atoms with Gasteiger partial charge in [0.1, 0.15) is 0 Å². The van der Waals surface area contributed by atoms with Crippen molar-refractivity contribution in [1.82, 2.24) is 0 Å². The maximum atomic E-state index is 11.4. The maximum absolute atomic E-state index is 11.4. The van der Waals surface area contributed by atoms with E-state index in [1.165, 1.54) is 0 Å². The van der Waals surface area contributed by atoms with Gasteiger partial charge in [-0.25, -0.2) is 10.7 Å². The van der Waals surface area contributed by atoms with Gasteiger partial charge in [0.2, 0.25) is 0 Å². The van der Waals surface area contributed by atoms with Gasteiger partial charge in [-0.3, -0.25) is 4.84 Å². The lowest BCUT2D eigenvalue weighted by Crippen LogP contribution is -2.11. The molecular formula is C11H15NO3. The molecule has 0 heterocycles. The molecule has 0 radical (unpaired) electrons. The first kappa shape index (κ1) is 11.7. The van der Waals surface area contributed by atoms with Gasteiger partial charge in [-0.1, -0.05) is 12.1 Å². The molecule has 4 nitrogen and oxygen atoms in total. The lowest BCUT2D eigenvalue weighted by Gasteiger charge is -2.07. The summed E-state index contributed by atoms with van der Waals surface area (Å²) in [4.78, 5) is 15.9. The van der Waals surface area contributed by atoms with E-state index in [0.717, 1.165) is 5.56 Å². The van der Waals surface area contributed by atoms with Crippen LogP contribution in [0, 0.1) is 0 Å². The number of carbonyl (C=O) groups excluding carboxylic acids is 1. The van der Waals surface area contributed by atoms with Crippen molar-refractivity contribution in [2.75, 3.05) is 0 Å². The van der Waals surface area contributed by atoms with Crippen LogP contribution < -0.4 is 5.90 Å². The van der Waals surface area contributed by atoms with Crippen LogP contribution in [-0.4, -0.2) is 12.1 Å². The number of benzene rings is 1. The number of ether oxygens (including phenoxy) is 1. The van der Waals surface area contributed by atoms with E-state index >= 15 is 0 Å². The van der Waals surface area contributed by atoms with E-state index in [1.807, 2.05) is 13.8 Å². The largest absolute Gasteiger partial charge is 0.459 e. The summed E-state index contributed by atoms with van der Waals surface area (Å²) in [6, 6.07) is 6.95. The van der Waals surface area contributed by atoms with Gasteiger partial charge in [0.05, 0.1) is 18.3 Å². The summed E-state index contributed by atoms with van der Waals surface area (Å²) in [5.74, 6) is 4.62. The minimum atomic E-state index is -0.315. The Kier molecular flexibility index (Phi) is 4.27. The van der Waals surface area contributed by atoms with Crippen molar-refractivity contribution in [2.45, 2.75) is 26.6 Å². The van der Waals surface area contributed by atoms with Gasteiger partial charge in [0, 0.05) is 0 Å². The van der Waals surface area contributed by atoms with Crippen molar-refractivity contribution >= 4 is 5.97 Å². The second-order valence-corrected chi connectivity index (χ2v) is 3.46. The van der Waals surface area contributed by atoms with E-state index in [2.05, 4.69) is 4.84 Å². The zero-order valence-corrected chi connectivity index (χ0v) is 8.90. The molecule has 2 N–H and O–H groups in total. The van der Waals surface area contributed by atoms with E-state index in [-0.39, 0.29) is 12.1 Å². The first-order chi connectivity index (χ1) is 7.13. The minimum absolute atomic E-state index is 0.107. The molecule has 0 spiro atoms. The van der Waals surface area contributed by atoms with Crippen LogP contribution in [0.3, 0.4) is 0 Å². The molecule has 4 heteroatoms. The molecule has 1 aromatic rings. The van der Waals surface area contributed by atoms with Gasteiger partial charge in [-0.15, -0.1) is 0 Å². The van der Waals surface area contributed by atoms with Crippen LogP contribution in [-0.2, 0) is 16.2 Å². The second kappa shape index (κ2) is 5.48. The van der Waals surface area contributed by atoms with Gasteiger partial charge in [-0.2, -0.15) is 0 Å². The highest BCUT2D eigenvalue weighted by molar-refractivity contribution is 5.89. The summed E-state index contributed by atoms with van der Waals surface area (Å²) in [7, 11) is 0. The zero-order valence-electron chi connectivity index (χ0n) is 8.90. The molecule has 0 bridgehead atoms. The van der Waals surface area contributed by atoms with Crippen LogP contribution in [0.2, 0.25) is 0 Å². The van der Waals surface area contributed by atoms with Gasteiger partial charge >= 0.3 is 5.97 Å². The monoisotopic (exact) mass is 209 g/mol. The molecule has 0 amide bonds. The molecule has 0 saturated heterocycles. The lowest BCUT2D eigenvalue weighted by molar-refractivity contribution is 0.0378. The number of hydrogen-bond acceptors (Lipinski definition) is 4. The summed E-state index contributed by atoms with van der Waals surface area (Å²) in [5.41, 5.74) is 1.45. The van der Waals surface area contributed by atoms with Crippen LogP contribution in [0.4, 0.5) is 0 Å². The SMILES string of the molecule is CC(C)OC(=O)c1ccc(CON)cc1. The highest BCUT2D eigenvalue weighted by atomic mass is 16.6. The fourth-order valence-electron chi connectivity index (χ4n) is 1.12. The van der Waals surface area contributed by atoms with Crippen molar-refractivity contribution in [1.29, 1.82) is 0 Å². The van der Waals surface area contributed by atoms with Crippen LogP contribution in [0.15, 0.2) is 24.3 Å². The van der Waals surface area contributed by atoms with Crippen LogP contribution >= 0.6 is 0 Å². The van der Waals surface area contributed by atoms with E-state index in [1.54, 1.807) is 24.3 Å². The number of esters is 1. The summed E-state index contributed by atoms with van der Waals surface area (Å²) in [6.07, 6.45) is -0.107. The average Bonchev–Trinajstić information content (AvgIpc) is 2.18. The van der Waals surface area contributed by atoms with Crippen LogP contribution in [0.25, 0.3) is 0 Å². The molecular weight excluding hydrogens is 194 g/mol. The lowest BCUT2D eigenvalue weighted by atomic mass is 10.1. The molecule has 1 rings (SSSR count). The topological polar surface area (TPSA) is 61.5 Å². The molecule has 0 unspecified atom stereocenters. The first-order valence-corrected chi connectivity index (χ1v) is 4.75. The molecule has 0 saturated carbocycles. The van der Waals surface area contributed by atoms with Crippen LogP contribution in [0.1, 0.15) is 29.8 Å². The standard InChI is InChI=1S/C11H15NO3/c1-8(2)15-11(13)10-5-3-9(4-6-10)7-14-12/h3-6,8H,7,12H2,1-2H3. The van der Waals surface area contributed by atoms with E-state index in [0.29, 0.717) is 12.2 Å². The Labute approximate surface area is 88.9 Å². The predicted molar refractivity (Wildman–Crippen MR) is 56.0 cm³/mol. The Hall–Kier alpha value is -1.39. The summed E-state index contributed by atoms with van der Waals surface area (Å²) >= 11 is 0. The number of hydrogen-bond donors (Lipinski definition) is 1. The van der Waals surface area contributed by atoms with Crippen molar-refractivity contribution in [3.05, 3.63) is 35.4 Å². The Balaban J connectivity index is 2.67. The highest BCUT2D eigenvalue weighted by Gasteiger charge is 2.08. The third-order valence-corrected chi connectivity index (χ3v) is 1.78. The quantitative estimate of drug-likeness (QED) is 0.605. The van der Waals surface area contributed by atoms with E-state index < -0.39 is 0 Å². The van der Waals surface area contributed by atoms with Crippen molar-refractivity contribution < 1.29 is 14.4 Å². The van der Waals surface area contributed by atoms with Crippen LogP contribution in [0.5, 0.6) is 0 Å². The molecule has 0 fully saturated rings. The zero-order chi connectivity index (χ0) is 11.3. The van der Waals surface area contributed by atoms with Gasteiger partial charge < -0.3 is 4.74 Å².